The zero-order valence-corrected chi connectivity index (χ0v) is 15.9. The van der Waals surface area contributed by atoms with Gasteiger partial charge in [0.15, 0.2) is 11.6 Å². The molecular weight excluding hydrogens is 343 g/mol. The van der Waals surface area contributed by atoms with Gasteiger partial charge in [-0.1, -0.05) is 26.0 Å². The van der Waals surface area contributed by atoms with Crippen LogP contribution in [0.3, 0.4) is 0 Å². The number of benzene rings is 1. The van der Waals surface area contributed by atoms with Crippen molar-refractivity contribution in [2.24, 2.45) is 11.8 Å². The summed E-state index contributed by atoms with van der Waals surface area (Å²) in [5.41, 5.74) is 0. The lowest BCUT2D eigenvalue weighted by molar-refractivity contribution is -0.122. The molecule has 2 atom stereocenters. The molecule has 1 aromatic carbocycles. The fourth-order valence-corrected chi connectivity index (χ4v) is 3.16. The smallest absolute Gasteiger partial charge is 0.220 e. The molecule has 0 bridgehead atoms. The second kappa shape index (κ2) is 11.3. The fraction of sp³-hybridized carbons (Fsp3) is 0.632. The predicted molar refractivity (Wildman–Crippen MR) is 101 cm³/mol. The Bertz CT molecular complexity index is 524. The predicted octanol–water partition coefficient (Wildman–Crippen LogP) is 3.55. The maximum atomic E-state index is 13.6. The van der Waals surface area contributed by atoms with Crippen molar-refractivity contribution in [2.75, 3.05) is 19.6 Å². The molecular formula is C19H30ClFN2O2. The first-order chi connectivity index (χ1) is 11.6. The third kappa shape index (κ3) is 7.20. The van der Waals surface area contributed by atoms with Crippen molar-refractivity contribution in [2.45, 2.75) is 45.6 Å². The van der Waals surface area contributed by atoms with Gasteiger partial charge in [-0.2, -0.15) is 0 Å². The summed E-state index contributed by atoms with van der Waals surface area (Å²) in [6, 6.07) is 6.36. The minimum atomic E-state index is -0.373. The highest BCUT2D eigenvalue weighted by Gasteiger charge is 2.22. The number of rotatable bonds is 8. The molecule has 1 saturated heterocycles. The zero-order valence-electron chi connectivity index (χ0n) is 15.1. The van der Waals surface area contributed by atoms with Crippen molar-refractivity contribution >= 4 is 18.3 Å². The summed E-state index contributed by atoms with van der Waals surface area (Å²) in [4.78, 5) is 12.2. The highest BCUT2D eigenvalue weighted by atomic mass is 35.5. The highest BCUT2D eigenvalue weighted by Crippen LogP contribution is 2.24. The van der Waals surface area contributed by atoms with Crippen LogP contribution in [-0.2, 0) is 4.79 Å². The number of piperidine rings is 1. The minimum Gasteiger partial charge on any atom is -0.486 e. The summed E-state index contributed by atoms with van der Waals surface area (Å²) in [6.07, 6.45) is 3.31. The van der Waals surface area contributed by atoms with Gasteiger partial charge in [-0.15, -0.1) is 12.4 Å². The molecule has 2 rings (SSSR count). The van der Waals surface area contributed by atoms with Crippen molar-refractivity contribution in [1.82, 2.24) is 10.6 Å². The summed E-state index contributed by atoms with van der Waals surface area (Å²) in [6.45, 7) is 6.62. The zero-order chi connectivity index (χ0) is 17.4. The van der Waals surface area contributed by atoms with Gasteiger partial charge in [-0.25, -0.2) is 4.39 Å². The maximum absolute atomic E-state index is 13.6. The molecule has 6 heteroatoms. The lowest BCUT2D eigenvalue weighted by Gasteiger charge is -2.28. The average Bonchev–Trinajstić information content (AvgIpc) is 2.60. The molecule has 2 unspecified atom stereocenters. The Kier molecular flexibility index (Phi) is 9.83. The molecule has 4 nitrogen and oxygen atoms in total. The van der Waals surface area contributed by atoms with E-state index in [2.05, 4.69) is 17.6 Å². The molecule has 1 heterocycles. The molecule has 1 fully saturated rings. The number of halogens is 2. The van der Waals surface area contributed by atoms with Crippen molar-refractivity contribution in [3.05, 3.63) is 30.1 Å². The van der Waals surface area contributed by atoms with E-state index in [0.717, 1.165) is 25.9 Å². The van der Waals surface area contributed by atoms with Crippen LogP contribution in [0.25, 0.3) is 0 Å². The number of hydrogen-bond acceptors (Lipinski definition) is 3. The number of para-hydroxylation sites is 1. The summed E-state index contributed by atoms with van der Waals surface area (Å²) < 4.78 is 19.3. The number of nitrogens with one attached hydrogen (secondary N) is 2. The molecule has 0 radical (unpaired) electrons. The largest absolute Gasteiger partial charge is 0.486 e. The van der Waals surface area contributed by atoms with Crippen LogP contribution in [0.4, 0.5) is 4.39 Å². The highest BCUT2D eigenvalue weighted by molar-refractivity contribution is 5.85. The molecule has 1 aliphatic rings. The van der Waals surface area contributed by atoms with Crippen molar-refractivity contribution in [3.63, 3.8) is 0 Å². The van der Waals surface area contributed by atoms with Gasteiger partial charge >= 0.3 is 0 Å². The summed E-state index contributed by atoms with van der Waals surface area (Å²) in [5, 5.41) is 6.29. The van der Waals surface area contributed by atoms with Crippen molar-refractivity contribution in [3.8, 4) is 5.75 Å². The lowest BCUT2D eigenvalue weighted by atomic mass is 9.84. The number of carbonyl (C=O) groups is 1. The van der Waals surface area contributed by atoms with E-state index in [1.54, 1.807) is 18.2 Å². The summed E-state index contributed by atoms with van der Waals surface area (Å²) in [5.74, 6) is 0.924. The molecule has 2 N–H and O–H groups in total. The van der Waals surface area contributed by atoms with Crippen LogP contribution in [-0.4, -0.2) is 31.6 Å². The number of hydrogen-bond donors (Lipinski definition) is 2. The Morgan fingerprint density at radius 3 is 2.68 bits per heavy atom. The van der Waals surface area contributed by atoms with Crippen molar-refractivity contribution < 1.29 is 13.9 Å². The molecule has 1 amide bonds. The fourth-order valence-electron chi connectivity index (χ4n) is 3.16. The van der Waals surface area contributed by atoms with E-state index in [9.17, 15) is 9.18 Å². The van der Waals surface area contributed by atoms with Crippen LogP contribution >= 0.6 is 12.4 Å². The number of ether oxygens (including phenoxy) is 1. The van der Waals surface area contributed by atoms with E-state index in [0.29, 0.717) is 31.2 Å². The van der Waals surface area contributed by atoms with Gasteiger partial charge in [0.05, 0.1) is 6.54 Å². The third-order valence-electron chi connectivity index (χ3n) is 4.81. The monoisotopic (exact) mass is 372 g/mol. The van der Waals surface area contributed by atoms with Gasteiger partial charge in [0.2, 0.25) is 5.91 Å². The van der Waals surface area contributed by atoms with Crippen molar-refractivity contribution in [1.29, 1.82) is 0 Å². The Labute approximate surface area is 156 Å². The van der Waals surface area contributed by atoms with E-state index in [1.807, 2.05) is 6.92 Å². The van der Waals surface area contributed by atoms with E-state index in [4.69, 9.17) is 4.74 Å². The van der Waals surface area contributed by atoms with Crippen LogP contribution in [0.2, 0.25) is 0 Å². The SMILES string of the molecule is CCC(CNC(=O)CC(C)C1CCNCC1)Oc1ccccc1F.Cl. The Hall–Kier alpha value is -1.33. The van der Waals surface area contributed by atoms with E-state index in [-0.39, 0.29) is 36.0 Å². The van der Waals surface area contributed by atoms with E-state index in [1.165, 1.54) is 6.07 Å². The molecule has 0 aromatic heterocycles. The van der Waals surface area contributed by atoms with E-state index < -0.39 is 0 Å². The first kappa shape index (κ1) is 21.7. The Morgan fingerprint density at radius 1 is 1.36 bits per heavy atom. The number of carbonyl (C=O) groups excluding carboxylic acids is 1. The lowest BCUT2D eigenvalue weighted by Crippen LogP contribution is -2.37. The van der Waals surface area contributed by atoms with Gasteiger partial charge in [-0.3, -0.25) is 4.79 Å². The Morgan fingerprint density at radius 2 is 2.04 bits per heavy atom. The molecule has 1 aromatic rings. The van der Waals surface area contributed by atoms with Crippen LogP contribution in [0, 0.1) is 17.7 Å². The number of amides is 1. The molecule has 25 heavy (non-hydrogen) atoms. The van der Waals surface area contributed by atoms with Gasteiger partial charge in [0.1, 0.15) is 6.10 Å². The molecule has 0 aliphatic carbocycles. The quantitative estimate of drug-likeness (QED) is 0.733. The van der Waals surface area contributed by atoms with Gasteiger partial charge < -0.3 is 15.4 Å². The van der Waals surface area contributed by atoms with Gasteiger partial charge in [0.25, 0.3) is 0 Å². The van der Waals surface area contributed by atoms with Gasteiger partial charge in [-0.05, 0) is 56.3 Å². The average molecular weight is 373 g/mol. The first-order valence-electron chi connectivity index (χ1n) is 8.98. The standard InChI is InChI=1S/C19H29FN2O2.ClH/c1-3-16(24-18-7-5-4-6-17(18)20)13-22-19(23)12-14(2)15-8-10-21-11-9-15;/h4-7,14-16,21H,3,8-13H2,1-2H3,(H,22,23);1H. The molecule has 1 aliphatic heterocycles. The molecule has 142 valence electrons. The second-order valence-corrected chi connectivity index (χ2v) is 6.65. The second-order valence-electron chi connectivity index (χ2n) is 6.65. The maximum Gasteiger partial charge on any atom is 0.220 e. The topological polar surface area (TPSA) is 50.4 Å². The van der Waals surface area contributed by atoms with Crippen LogP contribution in [0.1, 0.15) is 39.5 Å². The molecule has 0 spiro atoms. The summed E-state index contributed by atoms with van der Waals surface area (Å²) >= 11 is 0. The van der Waals surface area contributed by atoms with Crippen LogP contribution < -0.4 is 15.4 Å². The van der Waals surface area contributed by atoms with Gasteiger partial charge in [0, 0.05) is 6.42 Å². The third-order valence-corrected chi connectivity index (χ3v) is 4.81. The molecule has 0 saturated carbocycles. The van der Waals surface area contributed by atoms with E-state index >= 15 is 0 Å². The van der Waals surface area contributed by atoms with Crippen LogP contribution in [0.15, 0.2) is 24.3 Å². The minimum absolute atomic E-state index is 0. The summed E-state index contributed by atoms with van der Waals surface area (Å²) in [7, 11) is 0. The van der Waals surface area contributed by atoms with Crippen LogP contribution in [0.5, 0.6) is 5.75 Å². The normalized spacial score (nSPS) is 17.2. The first-order valence-corrected chi connectivity index (χ1v) is 8.98. The Balaban J connectivity index is 0.00000312.